The van der Waals surface area contributed by atoms with Gasteiger partial charge in [-0.3, -0.25) is 4.79 Å². The number of hydrogen-bond acceptors (Lipinski definition) is 4. The van der Waals surface area contributed by atoms with Crippen LogP contribution in [0, 0.1) is 11.3 Å². The van der Waals surface area contributed by atoms with E-state index in [0.29, 0.717) is 11.3 Å². The highest BCUT2D eigenvalue weighted by Crippen LogP contribution is 2.17. The van der Waals surface area contributed by atoms with Gasteiger partial charge in [-0.25, -0.2) is 4.98 Å². The number of nitrogens with one attached hydrogen (secondary N) is 2. The molecule has 128 valence electrons. The Balaban J connectivity index is 1.65. The van der Waals surface area contributed by atoms with Crippen LogP contribution in [-0.4, -0.2) is 10.9 Å². The van der Waals surface area contributed by atoms with Gasteiger partial charge in [-0.1, -0.05) is 36.4 Å². The van der Waals surface area contributed by atoms with Crippen LogP contribution in [0.3, 0.4) is 0 Å². The van der Waals surface area contributed by atoms with Crippen molar-refractivity contribution in [3.8, 4) is 6.07 Å². The van der Waals surface area contributed by atoms with Crippen LogP contribution in [-0.2, 0) is 0 Å². The first kappa shape index (κ1) is 17.2. The Bertz CT molecular complexity index is 930. The SMILES string of the molecule is CC(NC(=O)c1ccc(Nc2cccc(C#N)c2)cn1)c1ccccc1. The third kappa shape index (κ3) is 4.25. The van der Waals surface area contributed by atoms with Crippen molar-refractivity contribution in [2.24, 2.45) is 0 Å². The molecule has 0 spiro atoms. The summed E-state index contributed by atoms with van der Waals surface area (Å²) in [7, 11) is 0. The standard InChI is InChI=1S/C21H18N4O/c1-15(17-7-3-2-4-8-17)24-21(26)20-11-10-19(14-23-20)25-18-9-5-6-16(12-18)13-22/h2-12,14-15,25H,1H3,(H,24,26). The molecule has 5 nitrogen and oxygen atoms in total. The van der Waals surface area contributed by atoms with E-state index in [9.17, 15) is 4.79 Å². The number of benzene rings is 2. The summed E-state index contributed by atoms with van der Waals surface area (Å²) in [5, 5.41) is 15.1. The zero-order chi connectivity index (χ0) is 18.4. The minimum absolute atomic E-state index is 0.1000. The number of nitriles is 1. The van der Waals surface area contributed by atoms with E-state index in [1.807, 2.05) is 43.3 Å². The smallest absolute Gasteiger partial charge is 0.270 e. The number of amides is 1. The fourth-order valence-corrected chi connectivity index (χ4v) is 2.53. The Hall–Kier alpha value is -3.65. The largest absolute Gasteiger partial charge is 0.354 e. The summed E-state index contributed by atoms with van der Waals surface area (Å²) in [6, 6.07) is 22.4. The number of rotatable bonds is 5. The Morgan fingerprint density at radius 2 is 1.85 bits per heavy atom. The van der Waals surface area contributed by atoms with E-state index in [1.165, 1.54) is 0 Å². The van der Waals surface area contributed by atoms with Crippen LogP contribution in [0.25, 0.3) is 0 Å². The van der Waals surface area contributed by atoms with Crippen molar-refractivity contribution < 1.29 is 4.79 Å². The second-order valence-electron chi connectivity index (χ2n) is 5.86. The summed E-state index contributed by atoms with van der Waals surface area (Å²) >= 11 is 0. The van der Waals surface area contributed by atoms with E-state index in [4.69, 9.17) is 5.26 Å². The number of carbonyl (C=O) groups excluding carboxylic acids is 1. The highest BCUT2D eigenvalue weighted by Gasteiger charge is 2.12. The van der Waals surface area contributed by atoms with Crippen LogP contribution in [0.2, 0.25) is 0 Å². The van der Waals surface area contributed by atoms with E-state index in [1.54, 1.807) is 36.5 Å². The number of hydrogen-bond donors (Lipinski definition) is 2. The van der Waals surface area contributed by atoms with Crippen molar-refractivity contribution >= 4 is 17.3 Å². The van der Waals surface area contributed by atoms with Crippen molar-refractivity contribution in [3.63, 3.8) is 0 Å². The molecule has 1 atom stereocenters. The van der Waals surface area contributed by atoms with Gasteiger partial charge in [-0.2, -0.15) is 5.26 Å². The molecule has 26 heavy (non-hydrogen) atoms. The van der Waals surface area contributed by atoms with Crippen LogP contribution in [0.15, 0.2) is 72.9 Å². The summed E-state index contributed by atoms with van der Waals surface area (Å²) in [4.78, 5) is 16.6. The van der Waals surface area contributed by atoms with Gasteiger partial charge in [-0.05, 0) is 42.8 Å². The predicted molar refractivity (Wildman–Crippen MR) is 101 cm³/mol. The highest BCUT2D eigenvalue weighted by molar-refractivity contribution is 5.92. The lowest BCUT2D eigenvalue weighted by Crippen LogP contribution is -2.27. The molecule has 1 amide bonds. The van der Waals surface area contributed by atoms with Gasteiger partial charge in [0.2, 0.25) is 0 Å². The van der Waals surface area contributed by atoms with Crippen molar-refractivity contribution in [2.75, 3.05) is 5.32 Å². The molecule has 2 N–H and O–H groups in total. The van der Waals surface area contributed by atoms with Crippen LogP contribution in [0.4, 0.5) is 11.4 Å². The van der Waals surface area contributed by atoms with E-state index >= 15 is 0 Å². The van der Waals surface area contributed by atoms with Crippen LogP contribution in [0.1, 0.15) is 34.6 Å². The van der Waals surface area contributed by atoms with Crippen LogP contribution >= 0.6 is 0 Å². The van der Waals surface area contributed by atoms with Gasteiger partial charge >= 0.3 is 0 Å². The molecule has 1 aromatic heterocycles. The molecule has 0 aliphatic heterocycles. The quantitative estimate of drug-likeness (QED) is 0.729. The summed E-state index contributed by atoms with van der Waals surface area (Å²) in [5.41, 5.74) is 3.50. The van der Waals surface area contributed by atoms with Gasteiger partial charge < -0.3 is 10.6 Å². The fraction of sp³-hybridized carbons (Fsp3) is 0.0952. The molecular weight excluding hydrogens is 324 g/mol. The summed E-state index contributed by atoms with van der Waals surface area (Å²) in [6.07, 6.45) is 1.60. The number of carbonyl (C=O) groups is 1. The maximum absolute atomic E-state index is 12.4. The summed E-state index contributed by atoms with van der Waals surface area (Å²) < 4.78 is 0. The van der Waals surface area contributed by atoms with Crippen molar-refractivity contribution in [1.29, 1.82) is 5.26 Å². The first-order valence-corrected chi connectivity index (χ1v) is 8.25. The van der Waals surface area contributed by atoms with E-state index in [-0.39, 0.29) is 11.9 Å². The lowest BCUT2D eigenvalue weighted by molar-refractivity contribution is 0.0935. The minimum Gasteiger partial charge on any atom is -0.354 e. The zero-order valence-electron chi connectivity index (χ0n) is 14.3. The van der Waals surface area contributed by atoms with Crippen molar-refractivity contribution in [2.45, 2.75) is 13.0 Å². The maximum atomic E-state index is 12.4. The Morgan fingerprint density at radius 1 is 1.04 bits per heavy atom. The van der Waals surface area contributed by atoms with Gasteiger partial charge in [0.05, 0.1) is 29.6 Å². The number of nitrogens with zero attached hydrogens (tertiary/aromatic N) is 2. The van der Waals surface area contributed by atoms with Crippen molar-refractivity contribution in [1.82, 2.24) is 10.3 Å². The number of pyridine rings is 1. The summed E-state index contributed by atoms with van der Waals surface area (Å²) in [5.74, 6) is -0.223. The third-order valence-corrected chi connectivity index (χ3v) is 3.92. The van der Waals surface area contributed by atoms with E-state index < -0.39 is 0 Å². The minimum atomic E-state index is -0.223. The van der Waals surface area contributed by atoms with Gasteiger partial charge in [-0.15, -0.1) is 0 Å². The van der Waals surface area contributed by atoms with Gasteiger partial charge in [0.15, 0.2) is 0 Å². The lowest BCUT2D eigenvalue weighted by atomic mass is 10.1. The average Bonchev–Trinajstić information content (AvgIpc) is 2.69. The first-order valence-electron chi connectivity index (χ1n) is 8.25. The van der Waals surface area contributed by atoms with Crippen molar-refractivity contribution in [3.05, 3.63) is 89.7 Å². The van der Waals surface area contributed by atoms with Crippen LogP contribution in [0.5, 0.6) is 0 Å². The molecule has 2 aromatic carbocycles. The van der Waals surface area contributed by atoms with Gasteiger partial charge in [0.25, 0.3) is 5.91 Å². The van der Waals surface area contributed by atoms with E-state index in [0.717, 1.165) is 16.9 Å². The second-order valence-corrected chi connectivity index (χ2v) is 5.86. The molecule has 0 saturated heterocycles. The Morgan fingerprint density at radius 3 is 2.54 bits per heavy atom. The normalized spacial score (nSPS) is 11.2. The van der Waals surface area contributed by atoms with E-state index in [2.05, 4.69) is 21.7 Å². The molecule has 0 radical (unpaired) electrons. The molecule has 0 bridgehead atoms. The first-order chi connectivity index (χ1) is 12.7. The summed E-state index contributed by atoms with van der Waals surface area (Å²) in [6.45, 7) is 1.94. The predicted octanol–water partition coefficient (Wildman–Crippen LogP) is 4.19. The molecule has 3 aromatic rings. The van der Waals surface area contributed by atoms with Crippen LogP contribution < -0.4 is 10.6 Å². The van der Waals surface area contributed by atoms with Gasteiger partial charge in [0.1, 0.15) is 5.69 Å². The average molecular weight is 342 g/mol. The Labute approximate surface area is 152 Å². The molecule has 3 rings (SSSR count). The maximum Gasteiger partial charge on any atom is 0.270 e. The second kappa shape index (κ2) is 7.95. The molecule has 0 fully saturated rings. The molecule has 0 aliphatic carbocycles. The Kier molecular flexibility index (Phi) is 5.25. The topological polar surface area (TPSA) is 77.8 Å². The molecule has 5 heteroatoms. The molecule has 1 heterocycles. The molecular formula is C21H18N4O. The highest BCUT2D eigenvalue weighted by atomic mass is 16.1. The lowest BCUT2D eigenvalue weighted by Gasteiger charge is -2.14. The monoisotopic (exact) mass is 342 g/mol. The fourth-order valence-electron chi connectivity index (χ4n) is 2.53. The van der Waals surface area contributed by atoms with Gasteiger partial charge in [0, 0.05) is 5.69 Å². The molecule has 0 aliphatic rings. The number of anilines is 2. The third-order valence-electron chi connectivity index (χ3n) is 3.92. The molecule has 1 unspecified atom stereocenters. The number of aromatic nitrogens is 1. The zero-order valence-corrected chi connectivity index (χ0v) is 14.3. The molecule has 0 saturated carbocycles.